The minimum Gasteiger partial charge on any atom is -0.454 e. The number of carbonyl (C=O) groups is 1. The van der Waals surface area contributed by atoms with Crippen LogP contribution in [0.5, 0.6) is 11.5 Å². The molecule has 1 atom stereocenters. The summed E-state index contributed by atoms with van der Waals surface area (Å²) in [5, 5.41) is 3.79. The molecule has 0 bridgehead atoms. The number of carbonyl (C=O) groups excluding carboxylic acids is 1. The zero-order valence-electron chi connectivity index (χ0n) is 18.7. The number of fused-ring (bicyclic) bond motifs is 1. The first-order valence-electron chi connectivity index (χ1n) is 11.6. The first-order valence-corrected chi connectivity index (χ1v) is 12.4. The molecule has 0 radical (unpaired) electrons. The third-order valence-corrected chi connectivity index (χ3v) is 8.08. The third kappa shape index (κ3) is 3.69. The maximum absolute atomic E-state index is 13.3. The molecule has 2 aromatic carbocycles. The Balaban J connectivity index is 1.25. The van der Waals surface area contributed by atoms with E-state index in [0.29, 0.717) is 5.13 Å². The van der Waals surface area contributed by atoms with Crippen LogP contribution in [-0.2, 0) is 10.2 Å². The molecule has 6 rings (SSSR count). The van der Waals surface area contributed by atoms with E-state index in [1.807, 2.05) is 24.4 Å². The van der Waals surface area contributed by atoms with Crippen LogP contribution in [0.15, 0.2) is 48.7 Å². The monoisotopic (exact) mass is 461 g/mol. The number of nitrogens with zero attached hydrogens (tertiary/aromatic N) is 2. The normalized spacial score (nSPS) is 19.4. The van der Waals surface area contributed by atoms with Crippen LogP contribution in [0, 0.1) is 6.92 Å². The average molecular weight is 462 g/mol. The second kappa shape index (κ2) is 8.15. The summed E-state index contributed by atoms with van der Waals surface area (Å²) in [7, 11) is 0. The van der Waals surface area contributed by atoms with E-state index < -0.39 is 5.41 Å². The molecule has 3 heterocycles. The van der Waals surface area contributed by atoms with Crippen molar-refractivity contribution in [2.75, 3.05) is 25.2 Å². The average Bonchev–Trinajstić information content (AvgIpc) is 3.19. The lowest BCUT2D eigenvalue weighted by atomic mass is 9.94. The van der Waals surface area contributed by atoms with E-state index in [1.54, 1.807) is 11.3 Å². The number of rotatable bonds is 6. The SMILES string of the molecule is Cc1ccccc1C(c1cnc(NC(=O)C2(c3ccc4c(c3)OCO4)CC2)s1)N1CCCC1. The number of nitrogens with one attached hydrogen (secondary N) is 1. The minimum atomic E-state index is -0.503. The van der Waals surface area contributed by atoms with Crippen molar-refractivity contribution in [3.8, 4) is 11.5 Å². The van der Waals surface area contributed by atoms with Crippen LogP contribution in [-0.4, -0.2) is 35.7 Å². The molecule has 3 aliphatic rings. The predicted molar refractivity (Wildman–Crippen MR) is 128 cm³/mol. The molecule has 1 saturated heterocycles. The van der Waals surface area contributed by atoms with Gasteiger partial charge in [-0.25, -0.2) is 4.98 Å². The maximum atomic E-state index is 13.3. The van der Waals surface area contributed by atoms with E-state index in [2.05, 4.69) is 46.4 Å². The van der Waals surface area contributed by atoms with Crippen molar-refractivity contribution in [3.05, 3.63) is 70.2 Å². The molecular formula is C26H27N3O3S. The van der Waals surface area contributed by atoms with Crippen molar-refractivity contribution >= 4 is 22.4 Å². The third-order valence-electron chi connectivity index (χ3n) is 7.11. The maximum Gasteiger partial charge on any atom is 0.236 e. The van der Waals surface area contributed by atoms with Crippen molar-refractivity contribution in [2.45, 2.75) is 44.1 Å². The largest absolute Gasteiger partial charge is 0.454 e. The van der Waals surface area contributed by atoms with Gasteiger partial charge in [-0.1, -0.05) is 41.7 Å². The number of anilines is 1. The van der Waals surface area contributed by atoms with Crippen LogP contribution < -0.4 is 14.8 Å². The molecule has 1 N–H and O–H groups in total. The Morgan fingerprint density at radius 2 is 1.91 bits per heavy atom. The standard InChI is InChI=1S/C26H27N3O3S/c1-17-6-2-3-7-19(17)23(29-12-4-5-13-29)22-15-27-25(33-22)28-24(30)26(10-11-26)18-8-9-20-21(14-18)32-16-31-20/h2-3,6-9,14-15,23H,4-5,10-13,16H2,1H3,(H,27,28,30). The van der Waals surface area contributed by atoms with Gasteiger partial charge in [-0.3, -0.25) is 9.69 Å². The van der Waals surface area contributed by atoms with Crippen molar-refractivity contribution < 1.29 is 14.3 Å². The molecule has 33 heavy (non-hydrogen) atoms. The molecule has 6 nitrogen and oxygen atoms in total. The van der Waals surface area contributed by atoms with Gasteiger partial charge in [-0.05, 0) is 74.5 Å². The summed E-state index contributed by atoms with van der Waals surface area (Å²) in [4.78, 5) is 21.7. The van der Waals surface area contributed by atoms with Gasteiger partial charge in [0.15, 0.2) is 16.6 Å². The Bertz CT molecular complexity index is 1200. The van der Waals surface area contributed by atoms with Gasteiger partial charge >= 0.3 is 0 Å². The Labute approximate surface area is 197 Å². The zero-order chi connectivity index (χ0) is 22.4. The zero-order valence-corrected chi connectivity index (χ0v) is 19.5. The second-order valence-corrected chi connectivity index (χ2v) is 10.2. The number of benzene rings is 2. The summed E-state index contributed by atoms with van der Waals surface area (Å²) < 4.78 is 10.9. The first-order chi connectivity index (χ1) is 16.1. The highest BCUT2D eigenvalue weighted by molar-refractivity contribution is 7.15. The van der Waals surface area contributed by atoms with Gasteiger partial charge in [0.25, 0.3) is 0 Å². The van der Waals surface area contributed by atoms with Crippen molar-refractivity contribution in [1.82, 2.24) is 9.88 Å². The Morgan fingerprint density at radius 1 is 1.12 bits per heavy atom. The number of likely N-dealkylation sites (tertiary alicyclic amines) is 1. The van der Waals surface area contributed by atoms with Crippen molar-refractivity contribution in [1.29, 1.82) is 0 Å². The fraction of sp³-hybridized carbons (Fsp3) is 0.385. The molecule has 1 amide bonds. The molecular weight excluding hydrogens is 434 g/mol. The van der Waals surface area contributed by atoms with Crippen LogP contribution in [0.25, 0.3) is 0 Å². The Hall–Kier alpha value is -2.90. The molecule has 0 spiro atoms. The number of amides is 1. The van der Waals surface area contributed by atoms with Gasteiger partial charge in [0, 0.05) is 11.1 Å². The summed E-state index contributed by atoms with van der Waals surface area (Å²) in [5.41, 5.74) is 3.08. The molecule has 170 valence electrons. The first kappa shape index (κ1) is 20.7. The fourth-order valence-electron chi connectivity index (χ4n) is 5.08. The van der Waals surface area contributed by atoms with Gasteiger partial charge in [0.2, 0.25) is 12.7 Å². The van der Waals surface area contributed by atoms with Gasteiger partial charge in [-0.2, -0.15) is 0 Å². The summed E-state index contributed by atoms with van der Waals surface area (Å²) in [6, 6.07) is 14.6. The second-order valence-electron chi connectivity index (χ2n) is 9.17. The summed E-state index contributed by atoms with van der Waals surface area (Å²) in [6.45, 7) is 4.58. The van der Waals surface area contributed by atoms with E-state index in [-0.39, 0.29) is 18.7 Å². The lowest BCUT2D eigenvalue weighted by Crippen LogP contribution is -2.27. The molecule has 1 aliphatic carbocycles. The number of aromatic nitrogens is 1. The topological polar surface area (TPSA) is 63.7 Å². The molecule has 2 fully saturated rings. The van der Waals surface area contributed by atoms with Crippen molar-refractivity contribution in [2.24, 2.45) is 0 Å². The van der Waals surface area contributed by atoms with Crippen molar-refractivity contribution in [3.63, 3.8) is 0 Å². The van der Waals surface area contributed by atoms with E-state index in [4.69, 9.17) is 9.47 Å². The Kier molecular flexibility index (Phi) is 5.11. The van der Waals surface area contributed by atoms with Gasteiger partial charge in [0.1, 0.15) is 0 Å². The summed E-state index contributed by atoms with van der Waals surface area (Å²) in [5.74, 6) is 1.47. The van der Waals surface area contributed by atoms with Crippen LogP contribution >= 0.6 is 11.3 Å². The number of ether oxygens (including phenoxy) is 2. The number of aryl methyl sites for hydroxylation is 1. The molecule has 1 saturated carbocycles. The molecule has 1 aromatic heterocycles. The Morgan fingerprint density at radius 3 is 2.70 bits per heavy atom. The molecule has 1 unspecified atom stereocenters. The lowest BCUT2D eigenvalue weighted by Gasteiger charge is -2.28. The quantitative estimate of drug-likeness (QED) is 0.557. The van der Waals surface area contributed by atoms with Gasteiger partial charge < -0.3 is 14.8 Å². The summed E-state index contributed by atoms with van der Waals surface area (Å²) >= 11 is 1.59. The molecule has 7 heteroatoms. The van der Waals surface area contributed by atoms with Gasteiger partial charge in [0.05, 0.1) is 11.5 Å². The van der Waals surface area contributed by atoms with Crippen LogP contribution in [0.1, 0.15) is 53.3 Å². The number of hydrogen-bond acceptors (Lipinski definition) is 6. The highest BCUT2D eigenvalue weighted by Gasteiger charge is 2.52. The number of thiazole rings is 1. The van der Waals surface area contributed by atoms with E-state index in [9.17, 15) is 4.79 Å². The smallest absolute Gasteiger partial charge is 0.236 e. The predicted octanol–water partition coefficient (Wildman–Crippen LogP) is 5.04. The molecule has 3 aromatic rings. The molecule has 2 aliphatic heterocycles. The van der Waals surface area contributed by atoms with E-state index >= 15 is 0 Å². The van der Waals surface area contributed by atoms with Crippen LogP contribution in [0.4, 0.5) is 5.13 Å². The number of hydrogen-bond donors (Lipinski definition) is 1. The highest BCUT2D eigenvalue weighted by Crippen LogP contribution is 2.51. The highest BCUT2D eigenvalue weighted by atomic mass is 32.1. The minimum absolute atomic E-state index is 0.0101. The lowest BCUT2D eigenvalue weighted by molar-refractivity contribution is -0.118. The van der Waals surface area contributed by atoms with E-state index in [1.165, 1.54) is 28.8 Å². The van der Waals surface area contributed by atoms with Gasteiger partial charge in [-0.15, -0.1) is 0 Å². The van der Waals surface area contributed by atoms with E-state index in [0.717, 1.165) is 43.0 Å². The van der Waals surface area contributed by atoms with Crippen LogP contribution in [0.2, 0.25) is 0 Å². The summed E-state index contributed by atoms with van der Waals surface area (Å²) in [6.07, 6.45) is 6.05. The fourth-order valence-corrected chi connectivity index (χ4v) is 6.04. The van der Waals surface area contributed by atoms with Crippen LogP contribution in [0.3, 0.4) is 0 Å².